The summed E-state index contributed by atoms with van der Waals surface area (Å²) in [6.07, 6.45) is 8.11. The van der Waals surface area contributed by atoms with Crippen LogP contribution in [-0.2, 0) is 10.0 Å². The number of nitrogens with two attached hydrogens (primary N) is 1. The van der Waals surface area contributed by atoms with Crippen LogP contribution in [0.1, 0.15) is 45.4 Å². The van der Waals surface area contributed by atoms with Gasteiger partial charge in [-0.1, -0.05) is 39.0 Å². The van der Waals surface area contributed by atoms with Gasteiger partial charge >= 0.3 is 0 Å². The summed E-state index contributed by atoms with van der Waals surface area (Å²) in [5, 5.41) is -0.0616. The highest BCUT2D eigenvalue weighted by Gasteiger charge is 2.18. The van der Waals surface area contributed by atoms with Crippen LogP contribution in [0, 0.1) is 0 Å². The van der Waals surface area contributed by atoms with Gasteiger partial charge in [0.25, 0.3) is 10.0 Å². The van der Waals surface area contributed by atoms with Crippen LogP contribution in [0.5, 0.6) is 0 Å². The predicted molar refractivity (Wildman–Crippen MR) is 80.6 cm³/mol. The van der Waals surface area contributed by atoms with Crippen LogP contribution in [0.4, 0.5) is 5.69 Å². The standard InChI is InChI=1S/C13H24N4O2S/c1-2-3-4-5-6-7-11-16-20(18,19)13-12(17-14)9-8-10-15-13/h8-10,16-17H,2-7,11,14H2,1H3. The first-order valence-electron chi connectivity index (χ1n) is 7.03. The number of nitrogens with one attached hydrogen (secondary N) is 2. The molecule has 0 aliphatic carbocycles. The van der Waals surface area contributed by atoms with Gasteiger partial charge in [0.05, 0.1) is 5.69 Å². The lowest BCUT2D eigenvalue weighted by atomic mass is 10.1. The summed E-state index contributed by atoms with van der Waals surface area (Å²) < 4.78 is 26.7. The van der Waals surface area contributed by atoms with Crippen molar-refractivity contribution in [2.24, 2.45) is 5.84 Å². The summed E-state index contributed by atoms with van der Waals surface area (Å²) in [4.78, 5) is 3.87. The average molecular weight is 300 g/mol. The van der Waals surface area contributed by atoms with Crippen molar-refractivity contribution in [1.29, 1.82) is 0 Å². The molecule has 0 atom stereocenters. The van der Waals surface area contributed by atoms with Crippen molar-refractivity contribution in [1.82, 2.24) is 9.71 Å². The molecule has 0 amide bonds. The lowest BCUT2D eigenvalue weighted by Gasteiger charge is -2.09. The van der Waals surface area contributed by atoms with Gasteiger partial charge in [0, 0.05) is 12.7 Å². The fourth-order valence-corrected chi connectivity index (χ4v) is 3.06. The summed E-state index contributed by atoms with van der Waals surface area (Å²) in [7, 11) is -3.60. The summed E-state index contributed by atoms with van der Waals surface area (Å²) >= 11 is 0. The highest BCUT2D eigenvalue weighted by Crippen LogP contribution is 2.16. The molecule has 20 heavy (non-hydrogen) atoms. The van der Waals surface area contributed by atoms with E-state index in [2.05, 4.69) is 22.1 Å². The molecule has 0 radical (unpaired) electrons. The summed E-state index contributed by atoms with van der Waals surface area (Å²) in [5.41, 5.74) is 2.64. The Morgan fingerprint density at radius 3 is 2.60 bits per heavy atom. The van der Waals surface area contributed by atoms with E-state index in [1.54, 1.807) is 12.1 Å². The van der Waals surface area contributed by atoms with Crippen molar-refractivity contribution < 1.29 is 8.42 Å². The fourth-order valence-electron chi connectivity index (χ4n) is 1.90. The molecule has 0 unspecified atom stereocenters. The Labute approximate surface area is 121 Å². The molecule has 0 aliphatic rings. The molecule has 0 aliphatic heterocycles. The highest BCUT2D eigenvalue weighted by atomic mass is 32.2. The second-order valence-electron chi connectivity index (χ2n) is 4.67. The molecule has 0 saturated carbocycles. The van der Waals surface area contributed by atoms with Gasteiger partial charge in [-0.05, 0) is 18.6 Å². The highest BCUT2D eigenvalue weighted by molar-refractivity contribution is 7.89. The number of sulfonamides is 1. The molecule has 0 saturated heterocycles. The van der Waals surface area contributed by atoms with Gasteiger partial charge in [-0.15, -0.1) is 0 Å². The van der Waals surface area contributed by atoms with E-state index < -0.39 is 10.0 Å². The molecule has 0 spiro atoms. The molecule has 0 bridgehead atoms. The number of anilines is 1. The minimum absolute atomic E-state index is 0.0616. The van der Waals surface area contributed by atoms with Crippen LogP contribution in [0.25, 0.3) is 0 Å². The number of hydrogen-bond donors (Lipinski definition) is 3. The number of aromatic nitrogens is 1. The quantitative estimate of drug-likeness (QED) is 0.349. The molecular weight excluding hydrogens is 276 g/mol. The van der Waals surface area contributed by atoms with Crippen molar-refractivity contribution in [2.45, 2.75) is 50.5 Å². The van der Waals surface area contributed by atoms with E-state index in [-0.39, 0.29) is 5.03 Å². The van der Waals surface area contributed by atoms with Gasteiger partial charge in [-0.3, -0.25) is 5.84 Å². The molecule has 4 N–H and O–H groups in total. The van der Waals surface area contributed by atoms with E-state index >= 15 is 0 Å². The van der Waals surface area contributed by atoms with Crippen LogP contribution in [-0.4, -0.2) is 19.9 Å². The number of nitrogen functional groups attached to an aromatic ring is 1. The molecule has 0 fully saturated rings. The SMILES string of the molecule is CCCCCCCCNS(=O)(=O)c1ncccc1NN. The molecule has 1 aromatic rings. The minimum atomic E-state index is -3.60. The summed E-state index contributed by atoms with van der Waals surface area (Å²) in [5.74, 6) is 5.29. The van der Waals surface area contributed by atoms with Crippen molar-refractivity contribution >= 4 is 15.7 Å². The van der Waals surface area contributed by atoms with Crippen LogP contribution < -0.4 is 16.0 Å². The molecule has 1 heterocycles. The Hall–Kier alpha value is -1.18. The summed E-state index contributed by atoms with van der Waals surface area (Å²) in [6.45, 7) is 2.60. The molecule has 1 rings (SSSR count). The van der Waals surface area contributed by atoms with E-state index in [9.17, 15) is 8.42 Å². The Balaban J connectivity index is 2.42. The van der Waals surface area contributed by atoms with Crippen LogP contribution >= 0.6 is 0 Å². The Kier molecular flexibility index (Phi) is 7.50. The minimum Gasteiger partial charge on any atom is -0.321 e. The van der Waals surface area contributed by atoms with Crippen molar-refractivity contribution in [3.63, 3.8) is 0 Å². The number of pyridine rings is 1. The zero-order valence-corrected chi connectivity index (χ0v) is 12.7. The smallest absolute Gasteiger partial charge is 0.260 e. The molecule has 6 nitrogen and oxygen atoms in total. The van der Waals surface area contributed by atoms with Gasteiger partial charge in [-0.2, -0.15) is 0 Å². The first kappa shape index (κ1) is 16.9. The lowest BCUT2D eigenvalue weighted by Crippen LogP contribution is -2.27. The third kappa shape index (κ3) is 5.44. The predicted octanol–water partition coefficient (Wildman–Crippen LogP) is 2.01. The maximum atomic E-state index is 12.1. The van der Waals surface area contributed by atoms with Crippen molar-refractivity contribution in [3.8, 4) is 0 Å². The van der Waals surface area contributed by atoms with Crippen LogP contribution in [0.3, 0.4) is 0 Å². The first-order valence-corrected chi connectivity index (χ1v) is 8.51. The van der Waals surface area contributed by atoms with Crippen molar-refractivity contribution in [3.05, 3.63) is 18.3 Å². The zero-order valence-electron chi connectivity index (χ0n) is 11.9. The maximum Gasteiger partial charge on any atom is 0.260 e. The Morgan fingerprint density at radius 2 is 1.90 bits per heavy atom. The van der Waals surface area contributed by atoms with E-state index in [0.29, 0.717) is 12.2 Å². The monoisotopic (exact) mass is 300 g/mol. The normalized spacial score (nSPS) is 11.5. The number of rotatable bonds is 10. The second kappa shape index (κ2) is 8.89. The Bertz CT molecular complexity index is 491. The van der Waals surface area contributed by atoms with Crippen molar-refractivity contribution in [2.75, 3.05) is 12.0 Å². The molecular formula is C13H24N4O2S. The topological polar surface area (TPSA) is 97.1 Å². The van der Waals surface area contributed by atoms with E-state index in [1.807, 2.05) is 0 Å². The number of nitrogens with zero attached hydrogens (tertiary/aromatic N) is 1. The lowest BCUT2D eigenvalue weighted by molar-refractivity contribution is 0.565. The molecule has 114 valence electrons. The fraction of sp³-hybridized carbons (Fsp3) is 0.615. The maximum absolute atomic E-state index is 12.1. The first-order chi connectivity index (χ1) is 9.61. The van der Waals surface area contributed by atoms with Gasteiger partial charge in [-0.25, -0.2) is 18.1 Å². The number of hydrogen-bond acceptors (Lipinski definition) is 5. The molecule has 0 aromatic carbocycles. The summed E-state index contributed by atoms with van der Waals surface area (Å²) in [6, 6.07) is 3.20. The van der Waals surface area contributed by atoms with E-state index in [0.717, 1.165) is 19.3 Å². The Morgan fingerprint density at radius 1 is 1.20 bits per heavy atom. The van der Waals surface area contributed by atoms with Gasteiger partial charge in [0.1, 0.15) is 0 Å². The zero-order chi connectivity index (χ0) is 14.8. The average Bonchev–Trinajstić information content (AvgIpc) is 2.46. The number of hydrazine groups is 1. The van der Waals surface area contributed by atoms with E-state index in [1.165, 1.54) is 25.5 Å². The molecule has 7 heteroatoms. The van der Waals surface area contributed by atoms with Crippen LogP contribution in [0.15, 0.2) is 23.4 Å². The molecule has 1 aromatic heterocycles. The second-order valence-corrected chi connectivity index (χ2v) is 6.35. The van der Waals surface area contributed by atoms with Crippen LogP contribution in [0.2, 0.25) is 0 Å². The van der Waals surface area contributed by atoms with Gasteiger partial charge in [0.2, 0.25) is 0 Å². The van der Waals surface area contributed by atoms with Gasteiger partial charge in [0.15, 0.2) is 5.03 Å². The number of unbranched alkanes of at least 4 members (excludes halogenated alkanes) is 5. The largest absolute Gasteiger partial charge is 0.321 e. The van der Waals surface area contributed by atoms with E-state index in [4.69, 9.17) is 5.84 Å². The van der Waals surface area contributed by atoms with Gasteiger partial charge < -0.3 is 5.43 Å². The third-order valence-electron chi connectivity index (χ3n) is 3.00. The third-order valence-corrected chi connectivity index (χ3v) is 4.42.